The normalized spacial score (nSPS) is 10.2. The average molecular weight is 251 g/mol. The second-order valence-corrected chi connectivity index (χ2v) is 4.70. The first-order valence-electron chi connectivity index (χ1n) is 4.85. The first-order chi connectivity index (χ1) is 8.06. The fourth-order valence-electron chi connectivity index (χ4n) is 1.30. The van der Waals surface area contributed by atoms with Crippen molar-refractivity contribution in [3.8, 4) is 0 Å². The Morgan fingerprint density at radius 3 is 2.94 bits per heavy atom. The lowest BCUT2D eigenvalue weighted by molar-refractivity contribution is 0.102. The molecule has 0 saturated carbocycles. The van der Waals surface area contributed by atoms with Crippen molar-refractivity contribution in [2.75, 3.05) is 11.1 Å². The van der Waals surface area contributed by atoms with Crippen LogP contribution < -0.4 is 11.1 Å². The highest BCUT2D eigenvalue weighted by atomic mass is 32.1. The lowest BCUT2D eigenvalue weighted by atomic mass is 10.1. The van der Waals surface area contributed by atoms with Crippen molar-refractivity contribution in [3.05, 3.63) is 40.7 Å². The quantitative estimate of drug-likeness (QED) is 0.805. The van der Waals surface area contributed by atoms with Crippen LogP contribution >= 0.6 is 11.3 Å². The van der Waals surface area contributed by atoms with Crippen LogP contribution in [-0.4, -0.2) is 10.9 Å². The van der Waals surface area contributed by atoms with Gasteiger partial charge in [-0.05, 0) is 25.1 Å². The first-order valence-corrected chi connectivity index (χ1v) is 5.67. The Labute approximate surface area is 101 Å². The molecule has 0 fully saturated rings. The van der Waals surface area contributed by atoms with Crippen LogP contribution in [0.15, 0.2) is 24.4 Å². The van der Waals surface area contributed by atoms with Crippen molar-refractivity contribution in [1.29, 1.82) is 0 Å². The summed E-state index contributed by atoms with van der Waals surface area (Å²) in [5.41, 5.74) is 5.95. The van der Waals surface area contributed by atoms with Gasteiger partial charge < -0.3 is 5.73 Å². The molecule has 17 heavy (non-hydrogen) atoms. The van der Waals surface area contributed by atoms with Crippen molar-refractivity contribution in [3.63, 3.8) is 0 Å². The van der Waals surface area contributed by atoms with Gasteiger partial charge in [-0.15, -0.1) is 11.3 Å². The van der Waals surface area contributed by atoms with E-state index in [9.17, 15) is 9.18 Å². The van der Waals surface area contributed by atoms with Crippen molar-refractivity contribution in [2.45, 2.75) is 6.92 Å². The monoisotopic (exact) mass is 251 g/mol. The summed E-state index contributed by atoms with van der Waals surface area (Å²) in [6.45, 7) is 1.88. The summed E-state index contributed by atoms with van der Waals surface area (Å²) in [6.07, 6.45) is 1.65. The Balaban J connectivity index is 2.22. The minimum Gasteiger partial charge on any atom is -0.398 e. The summed E-state index contributed by atoms with van der Waals surface area (Å²) in [5, 5.41) is 3.04. The van der Waals surface area contributed by atoms with Gasteiger partial charge >= 0.3 is 0 Å². The van der Waals surface area contributed by atoms with Crippen molar-refractivity contribution in [1.82, 2.24) is 4.98 Å². The van der Waals surface area contributed by atoms with E-state index in [1.54, 1.807) is 6.20 Å². The second-order valence-electron chi connectivity index (χ2n) is 3.46. The number of anilines is 2. The number of halogens is 1. The number of rotatable bonds is 2. The molecule has 0 radical (unpaired) electrons. The molecular weight excluding hydrogens is 241 g/mol. The van der Waals surface area contributed by atoms with Gasteiger partial charge in [0.15, 0.2) is 5.13 Å². The second kappa shape index (κ2) is 4.50. The van der Waals surface area contributed by atoms with Crippen molar-refractivity contribution < 1.29 is 9.18 Å². The molecule has 0 spiro atoms. The van der Waals surface area contributed by atoms with E-state index in [-0.39, 0.29) is 11.3 Å². The lowest BCUT2D eigenvalue weighted by Crippen LogP contribution is -2.14. The van der Waals surface area contributed by atoms with Crippen LogP contribution in [0, 0.1) is 12.7 Å². The molecule has 0 bridgehead atoms. The smallest absolute Gasteiger partial charge is 0.259 e. The van der Waals surface area contributed by atoms with Crippen LogP contribution in [0.5, 0.6) is 0 Å². The van der Waals surface area contributed by atoms with Gasteiger partial charge in [0.2, 0.25) is 0 Å². The maximum Gasteiger partial charge on any atom is 0.259 e. The van der Waals surface area contributed by atoms with Crippen molar-refractivity contribution >= 4 is 28.1 Å². The van der Waals surface area contributed by atoms with Crippen molar-refractivity contribution in [2.24, 2.45) is 0 Å². The molecule has 0 unspecified atom stereocenters. The molecule has 0 atom stereocenters. The van der Waals surface area contributed by atoms with E-state index in [2.05, 4.69) is 10.3 Å². The number of hydrogen-bond donors (Lipinski definition) is 2. The summed E-state index contributed by atoms with van der Waals surface area (Å²) in [7, 11) is 0. The maximum atomic E-state index is 13.0. The zero-order valence-corrected chi connectivity index (χ0v) is 9.84. The molecule has 4 nitrogen and oxygen atoms in total. The fourth-order valence-corrected chi connectivity index (χ4v) is 1.96. The van der Waals surface area contributed by atoms with Gasteiger partial charge in [0.25, 0.3) is 5.91 Å². The predicted molar refractivity (Wildman–Crippen MR) is 65.6 cm³/mol. The molecule has 0 aliphatic rings. The Morgan fingerprint density at radius 1 is 1.53 bits per heavy atom. The SMILES string of the molecule is Cc1cnc(NC(=O)c2cc(F)ccc2N)s1. The highest BCUT2D eigenvalue weighted by molar-refractivity contribution is 7.15. The lowest BCUT2D eigenvalue weighted by Gasteiger charge is -2.04. The van der Waals surface area contributed by atoms with Gasteiger partial charge in [0.05, 0.1) is 5.56 Å². The minimum atomic E-state index is -0.500. The van der Waals surface area contributed by atoms with Gasteiger partial charge in [0.1, 0.15) is 5.82 Å². The third-order valence-electron chi connectivity index (χ3n) is 2.10. The summed E-state index contributed by atoms with van der Waals surface area (Å²) < 4.78 is 13.0. The first kappa shape index (κ1) is 11.5. The molecule has 0 aliphatic carbocycles. The van der Waals surface area contributed by atoms with Gasteiger partial charge in [-0.3, -0.25) is 10.1 Å². The third-order valence-corrected chi connectivity index (χ3v) is 2.93. The van der Waals surface area contributed by atoms with E-state index in [0.717, 1.165) is 10.9 Å². The summed E-state index contributed by atoms with van der Waals surface area (Å²) in [4.78, 5) is 16.8. The predicted octanol–water partition coefficient (Wildman–Crippen LogP) is 2.43. The number of benzene rings is 1. The number of carbonyl (C=O) groups is 1. The van der Waals surface area contributed by atoms with Crippen LogP contribution in [0.4, 0.5) is 15.2 Å². The van der Waals surface area contributed by atoms with Crippen LogP contribution in [0.3, 0.4) is 0 Å². The molecule has 1 amide bonds. The molecule has 0 saturated heterocycles. The number of nitrogens with two attached hydrogens (primary N) is 1. The molecular formula is C11H10FN3OS. The van der Waals surface area contributed by atoms with E-state index < -0.39 is 11.7 Å². The number of aromatic nitrogens is 1. The number of nitrogens with one attached hydrogen (secondary N) is 1. The number of amides is 1. The summed E-state index contributed by atoms with van der Waals surface area (Å²) >= 11 is 1.34. The number of nitrogen functional groups attached to an aromatic ring is 1. The van der Waals surface area contributed by atoms with E-state index in [1.165, 1.54) is 23.5 Å². The van der Waals surface area contributed by atoms with Gasteiger partial charge in [0, 0.05) is 16.8 Å². The van der Waals surface area contributed by atoms with Crippen LogP contribution in [0.2, 0.25) is 0 Å². The maximum absolute atomic E-state index is 13.0. The molecule has 1 aromatic carbocycles. The number of thiazole rings is 1. The third kappa shape index (κ3) is 2.59. The molecule has 6 heteroatoms. The summed E-state index contributed by atoms with van der Waals surface area (Å²) in [6, 6.07) is 3.67. The zero-order valence-electron chi connectivity index (χ0n) is 9.03. The minimum absolute atomic E-state index is 0.109. The average Bonchev–Trinajstić information content (AvgIpc) is 2.67. The molecule has 1 heterocycles. The van der Waals surface area contributed by atoms with Crippen LogP contribution in [0.25, 0.3) is 0 Å². The summed E-state index contributed by atoms with van der Waals surface area (Å²) in [5.74, 6) is -0.962. The highest BCUT2D eigenvalue weighted by Gasteiger charge is 2.12. The standard InChI is InChI=1S/C11H10FN3OS/c1-6-5-14-11(17-6)15-10(16)8-4-7(12)2-3-9(8)13/h2-5H,13H2,1H3,(H,14,15,16). The van der Waals surface area contributed by atoms with E-state index in [4.69, 9.17) is 5.73 Å². The van der Waals surface area contributed by atoms with E-state index >= 15 is 0 Å². The number of hydrogen-bond acceptors (Lipinski definition) is 4. The topological polar surface area (TPSA) is 68.0 Å². The molecule has 1 aromatic heterocycles. The van der Waals surface area contributed by atoms with Gasteiger partial charge in [-0.1, -0.05) is 0 Å². The Kier molecular flexibility index (Phi) is 3.06. The molecule has 0 aliphatic heterocycles. The number of nitrogens with zero attached hydrogens (tertiary/aromatic N) is 1. The van der Waals surface area contributed by atoms with E-state index in [1.807, 2.05) is 6.92 Å². The van der Waals surface area contributed by atoms with Crippen LogP contribution in [0.1, 0.15) is 15.2 Å². The Hall–Kier alpha value is -1.95. The van der Waals surface area contributed by atoms with Gasteiger partial charge in [-0.25, -0.2) is 9.37 Å². The Bertz CT molecular complexity index is 568. The molecule has 2 rings (SSSR count). The fraction of sp³-hybridized carbons (Fsp3) is 0.0909. The largest absolute Gasteiger partial charge is 0.398 e. The zero-order chi connectivity index (χ0) is 12.4. The Morgan fingerprint density at radius 2 is 2.29 bits per heavy atom. The molecule has 2 aromatic rings. The highest BCUT2D eigenvalue weighted by Crippen LogP contribution is 2.19. The van der Waals surface area contributed by atoms with Crippen LogP contribution in [-0.2, 0) is 0 Å². The van der Waals surface area contributed by atoms with E-state index in [0.29, 0.717) is 5.13 Å². The molecule has 3 N–H and O–H groups in total. The number of carbonyl (C=O) groups excluding carboxylic acids is 1. The molecule has 88 valence electrons. The van der Waals surface area contributed by atoms with Gasteiger partial charge in [-0.2, -0.15) is 0 Å². The number of aryl methyl sites for hydroxylation is 1.